The summed E-state index contributed by atoms with van der Waals surface area (Å²) in [6, 6.07) is 1.28. The molecule has 0 saturated heterocycles. The van der Waals surface area contributed by atoms with Gasteiger partial charge in [-0.25, -0.2) is 4.39 Å². The number of fused-ring (bicyclic) bond motifs is 1. The fourth-order valence-corrected chi connectivity index (χ4v) is 3.23. The van der Waals surface area contributed by atoms with Gasteiger partial charge in [0.25, 0.3) is 0 Å². The van der Waals surface area contributed by atoms with E-state index in [2.05, 4.69) is 0 Å². The molecule has 1 aliphatic carbocycles. The second-order valence-electron chi connectivity index (χ2n) is 5.30. The van der Waals surface area contributed by atoms with E-state index in [0.29, 0.717) is 36.8 Å². The standard InChI is InChI=1S/C14H18FNO3/c15-12-9(17)7-10-13(19-6-5-18-10)11(12)14(8-16)3-1-2-4-14/h7,17H,1-6,8,16H2. The summed E-state index contributed by atoms with van der Waals surface area (Å²) in [5.74, 6) is -0.163. The summed E-state index contributed by atoms with van der Waals surface area (Å²) in [6.45, 7) is 1.15. The Hall–Kier alpha value is -1.49. The van der Waals surface area contributed by atoms with Crippen molar-refractivity contribution in [2.75, 3.05) is 19.8 Å². The highest BCUT2D eigenvalue weighted by molar-refractivity contribution is 5.56. The third kappa shape index (κ3) is 1.84. The van der Waals surface area contributed by atoms with Crippen molar-refractivity contribution in [1.29, 1.82) is 0 Å². The van der Waals surface area contributed by atoms with E-state index in [0.717, 1.165) is 25.7 Å². The summed E-state index contributed by atoms with van der Waals surface area (Å²) in [6.07, 6.45) is 3.67. The van der Waals surface area contributed by atoms with Crippen molar-refractivity contribution < 1.29 is 19.0 Å². The molecule has 4 nitrogen and oxygen atoms in total. The number of nitrogens with two attached hydrogens (primary N) is 1. The molecule has 2 aliphatic rings. The number of benzene rings is 1. The lowest BCUT2D eigenvalue weighted by molar-refractivity contribution is 0.164. The first-order valence-electron chi connectivity index (χ1n) is 6.69. The molecule has 3 rings (SSSR count). The molecule has 104 valence electrons. The number of ether oxygens (including phenoxy) is 2. The fourth-order valence-electron chi connectivity index (χ4n) is 3.23. The van der Waals surface area contributed by atoms with Gasteiger partial charge in [0.2, 0.25) is 0 Å². The van der Waals surface area contributed by atoms with Crippen molar-refractivity contribution in [2.45, 2.75) is 31.1 Å². The average molecular weight is 267 g/mol. The Bertz CT molecular complexity index is 498. The maximum Gasteiger partial charge on any atom is 0.172 e. The first-order chi connectivity index (χ1) is 9.18. The highest BCUT2D eigenvalue weighted by Crippen LogP contribution is 2.51. The van der Waals surface area contributed by atoms with Gasteiger partial charge in [-0.1, -0.05) is 12.8 Å². The number of phenolic OH excluding ortho intramolecular Hbond substituents is 1. The first-order valence-corrected chi connectivity index (χ1v) is 6.69. The van der Waals surface area contributed by atoms with Crippen LogP contribution in [0.5, 0.6) is 17.2 Å². The van der Waals surface area contributed by atoms with Crippen LogP contribution in [0.2, 0.25) is 0 Å². The van der Waals surface area contributed by atoms with Crippen LogP contribution < -0.4 is 15.2 Å². The van der Waals surface area contributed by atoms with E-state index in [9.17, 15) is 9.50 Å². The Morgan fingerprint density at radius 1 is 1.26 bits per heavy atom. The molecule has 1 aliphatic heterocycles. The van der Waals surface area contributed by atoms with Crippen LogP contribution in [-0.2, 0) is 5.41 Å². The minimum atomic E-state index is -0.614. The average Bonchev–Trinajstić information content (AvgIpc) is 2.90. The molecule has 19 heavy (non-hydrogen) atoms. The van der Waals surface area contributed by atoms with Crippen molar-refractivity contribution in [3.8, 4) is 17.2 Å². The van der Waals surface area contributed by atoms with Gasteiger partial charge >= 0.3 is 0 Å². The maximum absolute atomic E-state index is 14.4. The van der Waals surface area contributed by atoms with E-state index in [1.165, 1.54) is 6.07 Å². The number of hydrogen-bond acceptors (Lipinski definition) is 4. The molecule has 0 amide bonds. The highest BCUT2D eigenvalue weighted by Gasteiger charge is 2.41. The Morgan fingerprint density at radius 3 is 2.63 bits per heavy atom. The molecule has 0 radical (unpaired) electrons. The fraction of sp³-hybridized carbons (Fsp3) is 0.571. The molecule has 0 unspecified atom stereocenters. The SMILES string of the molecule is NCC1(c2c(F)c(O)cc3c2OCCO3)CCCC1. The maximum atomic E-state index is 14.4. The lowest BCUT2D eigenvalue weighted by atomic mass is 9.77. The monoisotopic (exact) mass is 267 g/mol. The third-order valence-corrected chi connectivity index (χ3v) is 4.23. The quantitative estimate of drug-likeness (QED) is 0.861. The zero-order valence-electron chi connectivity index (χ0n) is 10.7. The van der Waals surface area contributed by atoms with E-state index < -0.39 is 11.2 Å². The number of phenols is 1. The summed E-state index contributed by atoms with van der Waals surface area (Å²) < 4.78 is 25.5. The highest BCUT2D eigenvalue weighted by atomic mass is 19.1. The van der Waals surface area contributed by atoms with Crippen LogP contribution in [0, 0.1) is 5.82 Å². The second-order valence-corrected chi connectivity index (χ2v) is 5.30. The van der Waals surface area contributed by atoms with Gasteiger partial charge in [0.05, 0.1) is 0 Å². The Morgan fingerprint density at radius 2 is 1.95 bits per heavy atom. The molecule has 1 saturated carbocycles. The molecule has 3 N–H and O–H groups in total. The third-order valence-electron chi connectivity index (χ3n) is 4.23. The molecule has 0 atom stereocenters. The smallest absolute Gasteiger partial charge is 0.172 e. The Labute approximate surface area is 111 Å². The van der Waals surface area contributed by atoms with Crippen LogP contribution >= 0.6 is 0 Å². The molecule has 5 heteroatoms. The van der Waals surface area contributed by atoms with Crippen molar-refractivity contribution in [1.82, 2.24) is 0 Å². The van der Waals surface area contributed by atoms with Gasteiger partial charge in [-0.2, -0.15) is 0 Å². The first kappa shape index (κ1) is 12.5. The summed E-state index contributed by atoms with van der Waals surface area (Å²) in [4.78, 5) is 0. The molecular formula is C14H18FNO3. The van der Waals surface area contributed by atoms with Crippen molar-refractivity contribution >= 4 is 0 Å². The molecule has 0 spiro atoms. The van der Waals surface area contributed by atoms with E-state index >= 15 is 0 Å². The van der Waals surface area contributed by atoms with Crippen LogP contribution in [-0.4, -0.2) is 24.9 Å². The number of hydrogen-bond donors (Lipinski definition) is 2. The van der Waals surface area contributed by atoms with Gasteiger partial charge in [-0.15, -0.1) is 0 Å². The summed E-state index contributed by atoms with van der Waals surface area (Å²) in [7, 11) is 0. The van der Waals surface area contributed by atoms with E-state index in [-0.39, 0.29) is 5.75 Å². The molecule has 1 heterocycles. The van der Waals surface area contributed by atoms with Gasteiger partial charge in [0.15, 0.2) is 23.1 Å². The number of halogens is 1. The molecule has 0 aromatic heterocycles. The van der Waals surface area contributed by atoms with Crippen LogP contribution in [0.15, 0.2) is 6.07 Å². The van der Waals surface area contributed by atoms with Gasteiger partial charge in [-0.05, 0) is 12.8 Å². The zero-order valence-corrected chi connectivity index (χ0v) is 10.7. The molecule has 0 bridgehead atoms. The van der Waals surface area contributed by atoms with Gasteiger partial charge < -0.3 is 20.3 Å². The van der Waals surface area contributed by atoms with Crippen molar-refractivity contribution in [3.05, 3.63) is 17.4 Å². The minimum absolute atomic E-state index is 0.350. The predicted molar refractivity (Wildman–Crippen MR) is 68.3 cm³/mol. The molecule has 1 fully saturated rings. The van der Waals surface area contributed by atoms with Crippen LogP contribution in [0.25, 0.3) is 0 Å². The second kappa shape index (κ2) is 4.56. The van der Waals surface area contributed by atoms with Crippen LogP contribution in [0.4, 0.5) is 4.39 Å². The summed E-state index contributed by atoms with van der Waals surface area (Å²) in [5.41, 5.74) is 5.88. The van der Waals surface area contributed by atoms with Crippen molar-refractivity contribution in [2.24, 2.45) is 5.73 Å². The zero-order chi connectivity index (χ0) is 13.5. The lowest BCUT2D eigenvalue weighted by Gasteiger charge is -2.32. The number of aromatic hydroxyl groups is 1. The van der Waals surface area contributed by atoms with E-state index in [4.69, 9.17) is 15.2 Å². The van der Waals surface area contributed by atoms with Crippen LogP contribution in [0.1, 0.15) is 31.2 Å². The Balaban J connectivity index is 2.21. The van der Waals surface area contributed by atoms with Crippen molar-refractivity contribution in [3.63, 3.8) is 0 Å². The summed E-state index contributed by atoms with van der Waals surface area (Å²) >= 11 is 0. The Kier molecular flexibility index (Phi) is 3.01. The van der Waals surface area contributed by atoms with Crippen LogP contribution in [0.3, 0.4) is 0 Å². The lowest BCUT2D eigenvalue weighted by Crippen LogP contribution is -2.34. The summed E-state index contributed by atoms with van der Waals surface area (Å²) in [5, 5.41) is 9.78. The van der Waals surface area contributed by atoms with E-state index in [1.807, 2.05) is 0 Å². The topological polar surface area (TPSA) is 64.7 Å². The normalized spacial score (nSPS) is 20.5. The molecule has 1 aromatic carbocycles. The molecule has 1 aromatic rings. The van der Waals surface area contributed by atoms with E-state index in [1.54, 1.807) is 0 Å². The predicted octanol–water partition coefficient (Wildman–Crippen LogP) is 2.07. The van der Waals surface area contributed by atoms with Gasteiger partial charge in [0, 0.05) is 23.6 Å². The van der Waals surface area contributed by atoms with Gasteiger partial charge in [0.1, 0.15) is 13.2 Å². The number of rotatable bonds is 2. The minimum Gasteiger partial charge on any atom is -0.505 e. The largest absolute Gasteiger partial charge is 0.505 e. The molecular weight excluding hydrogens is 249 g/mol. The van der Waals surface area contributed by atoms with Gasteiger partial charge in [-0.3, -0.25) is 0 Å².